The maximum atomic E-state index is 8.78. The van der Waals surface area contributed by atoms with E-state index >= 15 is 0 Å². The molecule has 1 aliphatic heterocycles. The van der Waals surface area contributed by atoms with E-state index in [0.29, 0.717) is 0 Å². The Balaban J connectivity index is 2.09. The number of nitrogens with zero attached hydrogens (tertiary/aromatic N) is 1. The second-order valence-electron chi connectivity index (χ2n) is 3.58. The molecule has 2 heteroatoms. The summed E-state index contributed by atoms with van der Waals surface area (Å²) in [6.07, 6.45) is 2.89. The molecule has 0 unspecified atom stereocenters. The van der Waals surface area contributed by atoms with Crippen LogP contribution in [0.1, 0.15) is 30.9 Å². The van der Waals surface area contributed by atoms with Crippen molar-refractivity contribution in [3.05, 3.63) is 35.9 Å². The molecule has 0 radical (unpaired) electrons. The van der Waals surface area contributed by atoms with E-state index in [9.17, 15) is 0 Å². The van der Waals surface area contributed by atoms with Gasteiger partial charge in [-0.1, -0.05) is 30.3 Å². The summed E-state index contributed by atoms with van der Waals surface area (Å²) in [6.45, 7) is 0. The lowest BCUT2D eigenvalue weighted by atomic mass is 9.99. The van der Waals surface area contributed by atoms with Crippen molar-refractivity contribution < 1.29 is 4.74 Å². The predicted octanol–water partition coefficient (Wildman–Crippen LogP) is 2.82. The first-order valence-electron chi connectivity index (χ1n) is 5.00. The lowest BCUT2D eigenvalue weighted by Gasteiger charge is -2.26. The summed E-state index contributed by atoms with van der Waals surface area (Å²) in [7, 11) is 0. The first-order valence-corrected chi connectivity index (χ1v) is 5.00. The third-order valence-electron chi connectivity index (χ3n) is 2.58. The van der Waals surface area contributed by atoms with Crippen molar-refractivity contribution in [3.63, 3.8) is 0 Å². The first kappa shape index (κ1) is 9.23. The fourth-order valence-electron chi connectivity index (χ4n) is 1.83. The average Bonchev–Trinajstić information content (AvgIpc) is 2.30. The smallest absolute Gasteiger partial charge is 0.144 e. The average molecular weight is 187 g/mol. The van der Waals surface area contributed by atoms with Gasteiger partial charge in [0.25, 0.3) is 0 Å². The molecule has 0 aromatic heterocycles. The fraction of sp³-hybridized carbons (Fsp3) is 0.417. The molecule has 0 N–H and O–H groups in total. The summed E-state index contributed by atoms with van der Waals surface area (Å²) in [6, 6.07) is 12.3. The van der Waals surface area contributed by atoms with Crippen molar-refractivity contribution in [2.75, 3.05) is 0 Å². The summed E-state index contributed by atoms with van der Waals surface area (Å²) < 4.78 is 5.66. The molecule has 1 aromatic rings. The molecular formula is C12H13NO. The normalized spacial score (nSPS) is 26.8. The van der Waals surface area contributed by atoms with E-state index in [1.807, 2.05) is 18.2 Å². The molecule has 0 spiro atoms. The van der Waals surface area contributed by atoms with E-state index in [2.05, 4.69) is 18.2 Å². The van der Waals surface area contributed by atoms with Crippen molar-refractivity contribution in [2.45, 2.75) is 31.5 Å². The van der Waals surface area contributed by atoms with Crippen molar-refractivity contribution in [1.82, 2.24) is 0 Å². The van der Waals surface area contributed by atoms with Gasteiger partial charge in [-0.05, 0) is 24.8 Å². The van der Waals surface area contributed by atoms with Crippen LogP contribution in [0.2, 0.25) is 0 Å². The Hall–Kier alpha value is -1.33. The molecule has 0 amide bonds. The largest absolute Gasteiger partial charge is 0.355 e. The van der Waals surface area contributed by atoms with Gasteiger partial charge in [0, 0.05) is 0 Å². The molecule has 2 rings (SSSR count). The van der Waals surface area contributed by atoms with Crippen LogP contribution < -0.4 is 0 Å². The molecule has 1 saturated heterocycles. The van der Waals surface area contributed by atoms with Crippen molar-refractivity contribution in [1.29, 1.82) is 5.26 Å². The van der Waals surface area contributed by atoms with Crippen LogP contribution in [-0.2, 0) is 4.74 Å². The minimum absolute atomic E-state index is 0.120. The van der Waals surface area contributed by atoms with Crippen molar-refractivity contribution in [2.24, 2.45) is 0 Å². The Morgan fingerprint density at radius 3 is 2.71 bits per heavy atom. The van der Waals surface area contributed by atoms with E-state index in [0.717, 1.165) is 19.3 Å². The van der Waals surface area contributed by atoms with Gasteiger partial charge in [-0.25, -0.2) is 0 Å². The lowest BCUT2D eigenvalue weighted by Crippen LogP contribution is -2.20. The van der Waals surface area contributed by atoms with E-state index < -0.39 is 0 Å². The maximum absolute atomic E-state index is 8.78. The highest BCUT2D eigenvalue weighted by atomic mass is 16.5. The second kappa shape index (κ2) is 4.26. The third kappa shape index (κ3) is 1.94. The molecular weight excluding hydrogens is 174 g/mol. The maximum Gasteiger partial charge on any atom is 0.144 e. The molecule has 2 atom stereocenters. The number of benzene rings is 1. The summed E-state index contributed by atoms with van der Waals surface area (Å²) in [5, 5.41) is 8.78. The summed E-state index contributed by atoms with van der Waals surface area (Å²) in [5.41, 5.74) is 1.19. The molecule has 1 heterocycles. The predicted molar refractivity (Wildman–Crippen MR) is 53.5 cm³/mol. The Kier molecular flexibility index (Phi) is 2.81. The van der Waals surface area contributed by atoms with Crippen LogP contribution in [0.3, 0.4) is 0 Å². The van der Waals surface area contributed by atoms with Crippen LogP contribution in [0.5, 0.6) is 0 Å². The van der Waals surface area contributed by atoms with Crippen LogP contribution in [0.4, 0.5) is 0 Å². The lowest BCUT2D eigenvalue weighted by molar-refractivity contribution is -0.0228. The van der Waals surface area contributed by atoms with Crippen molar-refractivity contribution >= 4 is 0 Å². The van der Waals surface area contributed by atoms with E-state index in [1.165, 1.54) is 5.56 Å². The van der Waals surface area contributed by atoms with Gasteiger partial charge in [0.1, 0.15) is 6.10 Å². The van der Waals surface area contributed by atoms with Crippen LogP contribution in [0, 0.1) is 11.3 Å². The molecule has 0 saturated carbocycles. The fourth-order valence-corrected chi connectivity index (χ4v) is 1.83. The number of rotatable bonds is 1. The van der Waals surface area contributed by atoms with Gasteiger partial charge < -0.3 is 4.74 Å². The zero-order chi connectivity index (χ0) is 9.80. The highest BCUT2D eigenvalue weighted by molar-refractivity contribution is 5.18. The minimum atomic E-state index is -0.214. The highest BCUT2D eigenvalue weighted by Crippen LogP contribution is 2.30. The van der Waals surface area contributed by atoms with Gasteiger partial charge in [0.15, 0.2) is 0 Å². The zero-order valence-corrected chi connectivity index (χ0v) is 8.02. The van der Waals surface area contributed by atoms with Gasteiger partial charge in [-0.15, -0.1) is 0 Å². The quantitative estimate of drug-likeness (QED) is 0.677. The number of ether oxygens (including phenoxy) is 1. The SMILES string of the molecule is N#C[C@H]1CCC[C@@H](c2ccccc2)O1. The molecule has 1 aromatic carbocycles. The Morgan fingerprint density at radius 2 is 2.00 bits per heavy atom. The molecule has 1 aliphatic rings. The summed E-state index contributed by atoms with van der Waals surface area (Å²) in [5.74, 6) is 0. The van der Waals surface area contributed by atoms with E-state index in [4.69, 9.17) is 10.00 Å². The third-order valence-corrected chi connectivity index (χ3v) is 2.58. The number of nitriles is 1. The molecule has 0 aliphatic carbocycles. The molecule has 72 valence electrons. The summed E-state index contributed by atoms with van der Waals surface area (Å²) >= 11 is 0. The van der Waals surface area contributed by atoms with Crippen LogP contribution in [0.15, 0.2) is 30.3 Å². The topological polar surface area (TPSA) is 33.0 Å². The molecule has 1 fully saturated rings. The second-order valence-corrected chi connectivity index (χ2v) is 3.58. The first-order chi connectivity index (χ1) is 6.90. The highest BCUT2D eigenvalue weighted by Gasteiger charge is 2.22. The Labute approximate surface area is 84.1 Å². The van der Waals surface area contributed by atoms with Gasteiger partial charge in [0.05, 0.1) is 12.2 Å². The minimum Gasteiger partial charge on any atom is -0.355 e. The summed E-state index contributed by atoms with van der Waals surface area (Å²) in [4.78, 5) is 0. The van der Waals surface area contributed by atoms with Gasteiger partial charge in [0.2, 0.25) is 0 Å². The Bertz CT molecular complexity index is 328. The zero-order valence-electron chi connectivity index (χ0n) is 8.02. The van der Waals surface area contributed by atoms with E-state index in [1.54, 1.807) is 0 Å². The van der Waals surface area contributed by atoms with E-state index in [-0.39, 0.29) is 12.2 Å². The Morgan fingerprint density at radius 1 is 1.21 bits per heavy atom. The van der Waals surface area contributed by atoms with Gasteiger partial charge in [-0.3, -0.25) is 0 Å². The van der Waals surface area contributed by atoms with Crippen LogP contribution in [0.25, 0.3) is 0 Å². The van der Waals surface area contributed by atoms with Crippen LogP contribution in [-0.4, -0.2) is 6.10 Å². The van der Waals surface area contributed by atoms with Crippen LogP contribution >= 0.6 is 0 Å². The van der Waals surface area contributed by atoms with Crippen molar-refractivity contribution in [3.8, 4) is 6.07 Å². The molecule has 2 nitrogen and oxygen atoms in total. The molecule has 0 bridgehead atoms. The number of hydrogen-bond acceptors (Lipinski definition) is 2. The molecule has 14 heavy (non-hydrogen) atoms. The number of hydrogen-bond donors (Lipinski definition) is 0. The van der Waals surface area contributed by atoms with Gasteiger partial charge >= 0.3 is 0 Å². The van der Waals surface area contributed by atoms with Gasteiger partial charge in [-0.2, -0.15) is 5.26 Å². The standard InChI is InChI=1S/C12H13NO/c13-9-11-7-4-8-12(14-11)10-5-2-1-3-6-10/h1-3,5-6,11-12H,4,7-8H2/t11-,12+/m1/s1. The monoisotopic (exact) mass is 187 g/mol.